The van der Waals surface area contributed by atoms with Crippen molar-refractivity contribution >= 4 is 28.3 Å². The largest absolute Gasteiger partial charge is 0.378 e. The number of hydrogen-bond acceptors (Lipinski definition) is 4. The molecule has 8 heteroatoms. The van der Waals surface area contributed by atoms with Crippen molar-refractivity contribution < 1.29 is 9.13 Å². The molecule has 5 rings (SSSR count). The van der Waals surface area contributed by atoms with E-state index in [0.29, 0.717) is 19.8 Å². The fourth-order valence-corrected chi connectivity index (χ4v) is 4.07. The smallest absolute Gasteiger partial charge is 0.251 e. The molecule has 0 amide bonds. The Morgan fingerprint density at radius 1 is 1.16 bits per heavy atom. The van der Waals surface area contributed by atoms with E-state index in [-0.39, 0.29) is 10.6 Å². The highest BCUT2D eigenvalue weighted by Gasteiger charge is 2.15. The summed E-state index contributed by atoms with van der Waals surface area (Å²) in [4.78, 5) is 22.7. The van der Waals surface area contributed by atoms with Gasteiger partial charge in [-0.15, -0.1) is 0 Å². The monoisotopic (exact) mass is 438 g/mol. The first-order chi connectivity index (χ1) is 15.1. The highest BCUT2D eigenvalue weighted by molar-refractivity contribution is 6.30. The zero-order valence-electron chi connectivity index (χ0n) is 16.6. The number of rotatable bonds is 4. The Hall–Kier alpha value is -3.16. The summed E-state index contributed by atoms with van der Waals surface area (Å²) >= 11 is 5.85. The summed E-state index contributed by atoms with van der Waals surface area (Å²) in [5, 5.41) is 1.01. The molecule has 0 unspecified atom stereocenters. The molecule has 0 bridgehead atoms. The van der Waals surface area contributed by atoms with Crippen LogP contribution in [0, 0.1) is 5.82 Å². The summed E-state index contributed by atoms with van der Waals surface area (Å²) in [5.41, 5.74) is 4.16. The quantitative estimate of drug-likeness (QED) is 0.521. The second-order valence-corrected chi connectivity index (χ2v) is 7.93. The van der Waals surface area contributed by atoms with Gasteiger partial charge in [-0.3, -0.25) is 4.79 Å². The number of benzene rings is 1. The number of anilines is 1. The Balaban J connectivity index is 1.46. The molecule has 0 saturated carbocycles. The van der Waals surface area contributed by atoms with Crippen LogP contribution in [0.3, 0.4) is 0 Å². The van der Waals surface area contributed by atoms with E-state index < -0.39 is 5.82 Å². The minimum absolute atomic E-state index is 0.0459. The third kappa shape index (κ3) is 3.94. The van der Waals surface area contributed by atoms with Crippen LogP contribution in [0.15, 0.2) is 59.8 Å². The minimum Gasteiger partial charge on any atom is -0.378 e. The number of fused-ring (bicyclic) bond motifs is 1. The van der Waals surface area contributed by atoms with Gasteiger partial charge >= 0.3 is 0 Å². The van der Waals surface area contributed by atoms with Gasteiger partial charge in [0.15, 0.2) is 0 Å². The summed E-state index contributed by atoms with van der Waals surface area (Å²) in [6.07, 6.45) is 5.48. The standard InChI is InChI=1S/C23H20ClFN4O2/c24-20-9-15(1-2-21(20)25)14-29-4-3-16(10-22(29)30)19-13-27-23-18(19)11-17(12-26-23)28-5-7-31-8-6-28/h1-4,9-13H,5-8,14H2,(H,26,27). The van der Waals surface area contributed by atoms with E-state index in [1.54, 1.807) is 22.9 Å². The van der Waals surface area contributed by atoms with Gasteiger partial charge in [0.1, 0.15) is 11.5 Å². The number of halogens is 2. The van der Waals surface area contributed by atoms with Gasteiger partial charge in [-0.1, -0.05) is 17.7 Å². The van der Waals surface area contributed by atoms with Crippen LogP contribution < -0.4 is 10.5 Å². The molecule has 1 aliphatic heterocycles. The maximum Gasteiger partial charge on any atom is 0.251 e. The van der Waals surface area contributed by atoms with Gasteiger partial charge in [0, 0.05) is 42.5 Å². The van der Waals surface area contributed by atoms with Crippen LogP contribution in [0.2, 0.25) is 5.02 Å². The van der Waals surface area contributed by atoms with E-state index in [9.17, 15) is 9.18 Å². The van der Waals surface area contributed by atoms with Crippen LogP contribution in [0.5, 0.6) is 0 Å². The number of aromatic amines is 1. The molecule has 0 atom stereocenters. The van der Waals surface area contributed by atoms with E-state index in [1.165, 1.54) is 12.1 Å². The number of H-pyrrole nitrogens is 1. The zero-order chi connectivity index (χ0) is 21.4. The third-order valence-electron chi connectivity index (χ3n) is 5.54. The molecule has 1 aliphatic rings. The second-order valence-electron chi connectivity index (χ2n) is 7.52. The van der Waals surface area contributed by atoms with Gasteiger partial charge in [-0.25, -0.2) is 9.37 Å². The third-order valence-corrected chi connectivity index (χ3v) is 5.83. The molecule has 1 N–H and O–H groups in total. The van der Waals surface area contributed by atoms with Crippen LogP contribution in [0.25, 0.3) is 22.2 Å². The van der Waals surface area contributed by atoms with Crippen LogP contribution in [-0.2, 0) is 11.3 Å². The number of morpholine rings is 1. The molecular weight excluding hydrogens is 419 g/mol. The van der Waals surface area contributed by atoms with Gasteiger partial charge < -0.3 is 19.2 Å². The van der Waals surface area contributed by atoms with Crippen molar-refractivity contribution in [2.75, 3.05) is 31.2 Å². The van der Waals surface area contributed by atoms with E-state index >= 15 is 0 Å². The normalized spacial score (nSPS) is 14.3. The topological polar surface area (TPSA) is 63.1 Å². The van der Waals surface area contributed by atoms with Gasteiger partial charge in [-0.05, 0) is 35.4 Å². The van der Waals surface area contributed by atoms with E-state index in [0.717, 1.165) is 46.5 Å². The summed E-state index contributed by atoms with van der Waals surface area (Å²) in [6, 6.07) is 10.1. The lowest BCUT2D eigenvalue weighted by molar-refractivity contribution is 0.122. The first-order valence-electron chi connectivity index (χ1n) is 10.0. The Bertz CT molecular complexity index is 1310. The molecule has 4 heterocycles. The molecule has 31 heavy (non-hydrogen) atoms. The maximum absolute atomic E-state index is 13.4. The van der Waals surface area contributed by atoms with Gasteiger partial charge in [-0.2, -0.15) is 0 Å². The fourth-order valence-electron chi connectivity index (χ4n) is 3.87. The fraction of sp³-hybridized carbons (Fsp3) is 0.217. The van der Waals surface area contributed by atoms with Gasteiger partial charge in [0.2, 0.25) is 0 Å². The van der Waals surface area contributed by atoms with Crippen molar-refractivity contribution in [3.05, 3.63) is 81.7 Å². The first kappa shape index (κ1) is 19.8. The molecule has 3 aromatic heterocycles. The van der Waals surface area contributed by atoms with Crippen molar-refractivity contribution in [2.45, 2.75) is 6.54 Å². The van der Waals surface area contributed by atoms with Crippen molar-refractivity contribution in [3.8, 4) is 11.1 Å². The highest BCUT2D eigenvalue weighted by atomic mass is 35.5. The molecule has 4 aromatic rings. The summed E-state index contributed by atoms with van der Waals surface area (Å²) in [5.74, 6) is -0.475. The van der Waals surface area contributed by atoms with Crippen molar-refractivity contribution in [2.24, 2.45) is 0 Å². The second kappa shape index (κ2) is 8.17. The number of aromatic nitrogens is 3. The molecule has 158 valence electrons. The molecule has 1 aromatic carbocycles. The Morgan fingerprint density at radius 2 is 2.00 bits per heavy atom. The molecule has 1 fully saturated rings. The lowest BCUT2D eigenvalue weighted by Crippen LogP contribution is -2.36. The summed E-state index contributed by atoms with van der Waals surface area (Å²) in [7, 11) is 0. The number of pyridine rings is 2. The lowest BCUT2D eigenvalue weighted by atomic mass is 10.1. The van der Waals surface area contributed by atoms with Gasteiger partial charge in [0.05, 0.1) is 36.7 Å². The van der Waals surface area contributed by atoms with Crippen LogP contribution in [0.1, 0.15) is 5.56 Å². The number of hydrogen-bond donors (Lipinski definition) is 1. The molecule has 6 nitrogen and oxygen atoms in total. The number of ether oxygens (including phenoxy) is 1. The zero-order valence-corrected chi connectivity index (χ0v) is 17.4. The first-order valence-corrected chi connectivity index (χ1v) is 10.4. The van der Waals surface area contributed by atoms with E-state index in [1.807, 2.05) is 18.5 Å². The minimum atomic E-state index is -0.475. The Kier molecular flexibility index (Phi) is 5.21. The molecule has 0 radical (unpaired) electrons. The Morgan fingerprint density at radius 3 is 2.77 bits per heavy atom. The van der Waals surface area contributed by atoms with Crippen molar-refractivity contribution in [1.29, 1.82) is 0 Å². The Labute approximate surface area is 182 Å². The molecular formula is C23H20ClFN4O2. The summed E-state index contributed by atoms with van der Waals surface area (Å²) < 4.78 is 20.4. The SMILES string of the molecule is O=c1cc(-c2c[nH]c3ncc(N4CCOCC4)cc23)ccn1Cc1ccc(F)c(Cl)c1. The average molecular weight is 439 g/mol. The van der Waals surface area contributed by atoms with E-state index in [4.69, 9.17) is 16.3 Å². The number of nitrogens with zero attached hydrogens (tertiary/aromatic N) is 3. The van der Waals surface area contributed by atoms with E-state index in [2.05, 4.69) is 20.9 Å². The summed E-state index contributed by atoms with van der Waals surface area (Å²) in [6.45, 7) is 3.38. The van der Waals surface area contributed by atoms with Crippen LogP contribution in [0.4, 0.5) is 10.1 Å². The van der Waals surface area contributed by atoms with Gasteiger partial charge in [0.25, 0.3) is 5.56 Å². The predicted octanol–water partition coefficient (Wildman–Crippen LogP) is 4.07. The van der Waals surface area contributed by atoms with Crippen LogP contribution in [-0.4, -0.2) is 40.8 Å². The molecule has 0 aliphatic carbocycles. The maximum atomic E-state index is 13.4. The lowest BCUT2D eigenvalue weighted by Gasteiger charge is -2.28. The molecule has 0 spiro atoms. The average Bonchev–Trinajstić information content (AvgIpc) is 3.21. The predicted molar refractivity (Wildman–Crippen MR) is 119 cm³/mol. The number of nitrogens with one attached hydrogen (secondary N) is 1. The van der Waals surface area contributed by atoms with Crippen LogP contribution >= 0.6 is 11.6 Å². The van der Waals surface area contributed by atoms with Crippen molar-refractivity contribution in [1.82, 2.24) is 14.5 Å². The highest BCUT2D eigenvalue weighted by Crippen LogP contribution is 2.30. The molecule has 1 saturated heterocycles. The van der Waals surface area contributed by atoms with Crippen molar-refractivity contribution in [3.63, 3.8) is 0 Å².